The number of nitrogens with zero attached hydrogens (tertiary/aromatic N) is 4. The number of hydrogen-bond donors (Lipinski definition) is 1. The normalized spacial score (nSPS) is 11.7. The Morgan fingerprint density at radius 1 is 1.19 bits per heavy atom. The van der Waals surface area contributed by atoms with Gasteiger partial charge in [0.05, 0.1) is 11.1 Å². The fraction of sp³-hybridized carbons (Fsp3) is 0.250. The molecule has 11 heteroatoms. The van der Waals surface area contributed by atoms with Gasteiger partial charge in [-0.1, -0.05) is 60.5 Å². The van der Waals surface area contributed by atoms with E-state index in [0.29, 0.717) is 26.5 Å². The molecule has 1 heterocycles. The van der Waals surface area contributed by atoms with Gasteiger partial charge >= 0.3 is 6.09 Å². The number of carbonyl (C=O) groups is 2. The quantitative estimate of drug-likeness (QED) is 0.485. The van der Waals surface area contributed by atoms with Crippen LogP contribution in [0.5, 0.6) is 0 Å². The van der Waals surface area contributed by atoms with E-state index in [4.69, 9.17) is 27.9 Å². The number of rotatable bonds is 9. The van der Waals surface area contributed by atoms with Gasteiger partial charge in [0.1, 0.15) is 13.2 Å². The Morgan fingerprint density at radius 2 is 1.97 bits per heavy atom. The molecule has 1 aromatic heterocycles. The summed E-state index contributed by atoms with van der Waals surface area (Å²) in [4.78, 5) is 25.5. The third-order valence-corrected chi connectivity index (χ3v) is 5.91. The summed E-state index contributed by atoms with van der Waals surface area (Å²) in [5.41, 5.74) is 0.855. The lowest BCUT2D eigenvalue weighted by atomic mass is 10.1. The van der Waals surface area contributed by atoms with Gasteiger partial charge in [-0.15, -0.1) is 5.10 Å². The first-order chi connectivity index (χ1) is 15.0. The number of ether oxygens (including phenoxy) is 1. The number of alkyl carbamates (subject to hydrolysis) is 1. The number of nitrogens with one attached hydrogen (secondary N) is 1. The zero-order valence-electron chi connectivity index (χ0n) is 16.5. The first kappa shape index (κ1) is 23.1. The van der Waals surface area contributed by atoms with Gasteiger partial charge in [0, 0.05) is 9.92 Å². The Hall–Kier alpha value is -2.62. The molecule has 0 aliphatic carbocycles. The topological polar surface area (TPSA) is 99.0 Å². The molecule has 8 nitrogen and oxygen atoms in total. The van der Waals surface area contributed by atoms with Crippen molar-refractivity contribution < 1.29 is 14.3 Å². The number of benzene rings is 2. The highest BCUT2D eigenvalue weighted by Crippen LogP contribution is 2.33. The van der Waals surface area contributed by atoms with Gasteiger partial charge in [0.2, 0.25) is 5.16 Å². The maximum atomic E-state index is 12.7. The Kier molecular flexibility index (Phi) is 8.27. The average Bonchev–Trinajstić information content (AvgIpc) is 3.19. The van der Waals surface area contributed by atoms with Gasteiger partial charge in [0.25, 0.3) is 0 Å². The van der Waals surface area contributed by atoms with Crippen LogP contribution in [0.4, 0.5) is 4.79 Å². The highest BCUT2D eigenvalue weighted by molar-refractivity contribution is 7.99. The molecule has 3 aromatic rings. The van der Waals surface area contributed by atoms with Crippen molar-refractivity contribution in [3.63, 3.8) is 0 Å². The third-order valence-electron chi connectivity index (χ3n) is 4.20. The molecule has 0 radical (unpaired) electrons. The minimum Gasteiger partial charge on any atom is -0.445 e. The summed E-state index contributed by atoms with van der Waals surface area (Å²) in [6, 6.07) is 13.6. The monoisotopic (exact) mass is 479 g/mol. The summed E-state index contributed by atoms with van der Waals surface area (Å²) in [6.07, 6.45) is -0.268. The van der Waals surface area contributed by atoms with Crippen molar-refractivity contribution in [1.29, 1.82) is 0 Å². The van der Waals surface area contributed by atoms with Crippen LogP contribution in [0.2, 0.25) is 10.0 Å². The zero-order chi connectivity index (χ0) is 22.2. The van der Waals surface area contributed by atoms with Crippen LogP contribution in [0.15, 0.2) is 58.6 Å². The summed E-state index contributed by atoms with van der Waals surface area (Å²) < 4.78 is 6.55. The van der Waals surface area contributed by atoms with Gasteiger partial charge in [0.15, 0.2) is 5.78 Å². The van der Waals surface area contributed by atoms with Crippen molar-refractivity contribution in [2.24, 2.45) is 0 Å². The number of aromatic nitrogens is 4. The molecule has 0 saturated carbocycles. The second-order valence-corrected chi connectivity index (χ2v) is 8.28. The molecule has 1 atom stereocenters. The molecule has 0 bridgehead atoms. The first-order valence-electron chi connectivity index (χ1n) is 9.35. The molecular formula is C20H19Cl2N5O3S. The van der Waals surface area contributed by atoms with Crippen molar-refractivity contribution in [3.05, 3.63) is 64.1 Å². The van der Waals surface area contributed by atoms with E-state index in [0.717, 1.165) is 5.56 Å². The molecule has 0 saturated heterocycles. The first-order valence-corrected chi connectivity index (χ1v) is 10.9. The molecule has 2 aromatic carbocycles. The Labute approximate surface area is 193 Å². The maximum Gasteiger partial charge on any atom is 0.408 e. The fourth-order valence-corrected chi connectivity index (χ4v) is 3.90. The second kappa shape index (κ2) is 11.1. The van der Waals surface area contributed by atoms with Crippen molar-refractivity contribution in [2.75, 3.05) is 0 Å². The lowest BCUT2D eigenvalue weighted by Gasteiger charge is -2.16. The van der Waals surface area contributed by atoms with Crippen LogP contribution < -0.4 is 5.32 Å². The molecule has 1 unspecified atom stereocenters. The number of carbonyl (C=O) groups excluding carboxylic acids is 2. The minimum atomic E-state index is -0.732. The maximum absolute atomic E-state index is 12.7. The standard InChI is InChI=1S/C20H19Cl2N5O3S/c1-2-16(23-20(29)30-12-13-6-4-3-5-7-13)17(28)11-27-19(24-25-26-27)31-18-9-8-14(21)10-15(18)22/h3-10,16H,2,11-12H2,1H3,(H,23,29). The van der Waals surface area contributed by atoms with Crippen LogP contribution in [0.1, 0.15) is 18.9 Å². The summed E-state index contributed by atoms with van der Waals surface area (Å²) in [7, 11) is 0. The van der Waals surface area contributed by atoms with E-state index in [9.17, 15) is 9.59 Å². The molecule has 3 rings (SSSR count). The summed E-state index contributed by atoms with van der Waals surface area (Å²) in [5.74, 6) is -0.254. The largest absolute Gasteiger partial charge is 0.445 e. The minimum absolute atomic E-state index is 0.113. The highest BCUT2D eigenvalue weighted by Gasteiger charge is 2.22. The van der Waals surface area contributed by atoms with E-state index in [2.05, 4.69) is 20.8 Å². The van der Waals surface area contributed by atoms with Gasteiger partial charge in [-0.05, 0) is 52.4 Å². The number of ketones is 1. The Balaban J connectivity index is 1.58. The predicted molar refractivity (Wildman–Crippen MR) is 117 cm³/mol. The molecule has 31 heavy (non-hydrogen) atoms. The van der Waals surface area contributed by atoms with Crippen molar-refractivity contribution >= 4 is 46.8 Å². The van der Waals surface area contributed by atoms with Crippen LogP contribution in [0.25, 0.3) is 0 Å². The number of hydrogen-bond acceptors (Lipinski definition) is 7. The molecule has 0 aliphatic rings. The number of Topliss-reactive ketones (excluding diaryl/α,β-unsaturated/α-hetero) is 1. The van der Waals surface area contributed by atoms with Crippen LogP contribution >= 0.6 is 35.0 Å². The van der Waals surface area contributed by atoms with Gasteiger partial charge in [-0.25, -0.2) is 9.48 Å². The van der Waals surface area contributed by atoms with Crippen molar-refractivity contribution in [2.45, 2.75) is 42.6 Å². The van der Waals surface area contributed by atoms with Crippen LogP contribution in [0, 0.1) is 0 Å². The van der Waals surface area contributed by atoms with Crippen LogP contribution in [0.3, 0.4) is 0 Å². The number of amides is 1. The molecule has 162 valence electrons. The van der Waals surface area contributed by atoms with E-state index in [1.807, 2.05) is 30.3 Å². The van der Waals surface area contributed by atoms with E-state index < -0.39 is 12.1 Å². The molecular weight excluding hydrogens is 461 g/mol. The van der Waals surface area contributed by atoms with Gasteiger partial charge in [-0.3, -0.25) is 4.79 Å². The zero-order valence-corrected chi connectivity index (χ0v) is 18.8. The van der Waals surface area contributed by atoms with E-state index >= 15 is 0 Å². The Morgan fingerprint density at radius 3 is 2.68 bits per heavy atom. The predicted octanol–water partition coefficient (Wildman–Crippen LogP) is 4.41. The van der Waals surface area contributed by atoms with Crippen molar-refractivity contribution in [1.82, 2.24) is 25.5 Å². The molecule has 0 fully saturated rings. The lowest BCUT2D eigenvalue weighted by molar-refractivity contribution is -0.122. The molecule has 1 N–H and O–H groups in total. The number of tetrazole rings is 1. The van der Waals surface area contributed by atoms with Crippen LogP contribution in [-0.2, 0) is 22.7 Å². The van der Waals surface area contributed by atoms with Crippen molar-refractivity contribution in [3.8, 4) is 0 Å². The van der Waals surface area contributed by atoms with E-state index in [1.165, 1.54) is 16.4 Å². The fourth-order valence-electron chi connectivity index (χ4n) is 2.60. The SMILES string of the molecule is CCC(NC(=O)OCc1ccccc1)C(=O)Cn1nnnc1Sc1ccc(Cl)cc1Cl. The average molecular weight is 480 g/mol. The molecule has 0 spiro atoms. The summed E-state index contributed by atoms with van der Waals surface area (Å²) in [5, 5.41) is 15.4. The van der Waals surface area contributed by atoms with Crippen LogP contribution in [-0.4, -0.2) is 38.1 Å². The number of halogens is 2. The third kappa shape index (κ3) is 6.68. The summed E-state index contributed by atoms with van der Waals surface area (Å²) in [6.45, 7) is 1.80. The van der Waals surface area contributed by atoms with Gasteiger partial charge < -0.3 is 10.1 Å². The second-order valence-electron chi connectivity index (χ2n) is 6.43. The van der Waals surface area contributed by atoms with E-state index in [1.54, 1.807) is 25.1 Å². The smallest absolute Gasteiger partial charge is 0.408 e. The lowest BCUT2D eigenvalue weighted by Crippen LogP contribution is -2.42. The highest BCUT2D eigenvalue weighted by atomic mass is 35.5. The molecule has 0 aliphatic heterocycles. The molecule has 1 amide bonds. The summed E-state index contributed by atoms with van der Waals surface area (Å²) >= 11 is 13.3. The van der Waals surface area contributed by atoms with Gasteiger partial charge in [-0.2, -0.15) is 0 Å². The Bertz CT molecular complexity index is 1050. The van der Waals surface area contributed by atoms with E-state index in [-0.39, 0.29) is 18.9 Å².